The average molecular weight is 343 g/mol. The number of rotatable bonds is 4. The molecule has 1 saturated heterocycles. The van der Waals surface area contributed by atoms with E-state index < -0.39 is 0 Å². The molecule has 0 spiro atoms. The fourth-order valence-electron chi connectivity index (χ4n) is 3.28. The number of amides is 1. The lowest BCUT2D eigenvalue weighted by Gasteiger charge is -2.25. The lowest BCUT2D eigenvalue weighted by atomic mass is 10.1. The Labute approximate surface area is 148 Å². The number of benzene rings is 1. The van der Waals surface area contributed by atoms with Crippen molar-refractivity contribution in [2.24, 2.45) is 0 Å². The Morgan fingerprint density at radius 3 is 2.67 bits per heavy atom. The number of nitrogens with zero attached hydrogens (tertiary/aromatic N) is 3. The van der Waals surface area contributed by atoms with Gasteiger partial charge in [0.2, 0.25) is 5.91 Å². The van der Waals surface area contributed by atoms with E-state index in [0.29, 0.717) is 0 Å². The topological polar surface area (TPSA) is 36.4 Å². The first-order valence-corrected chi connectivity index (χ1v) is 9.47. The summed E-state index contributed by atoms with van der Waals surface area (Å²) in [4.78, 5) is 21.2. The van der Waals surface area contributed by atoms with E-state index in [9.17, 15) is 4.79 Å². The number of thiazole rings is 1. The van der Waals surface area contributed by atoms with Gasteiger partial charge in [-0.05, 0) is 51.4 Å². The first-order valence-electron chi connectivity index (χ1n) is 8.59. The zero-order valence-corrected chi connectivity index (χ0v) is 15.5. The summed E-state index contributed by atoms with van der Waals surface area (Å²) in [6.45, 7) is 8.90. The number of carbonyl (C=O) groups is 1. The van der Waals surface area contributed by atoms with Gasteiger partial charge >= 0.3 is 0 Å². The molecule has 2 aromatic rings. The number of aromatic nitrogens is 1. The maximum atomic E-state index is 12.3. The molecule has 0 saturated carbocycles. The van der Waals surface area contributed by atoms with Gasteiger partial charge in [-0.3, -0.25) is 14.6 Å². The molecule has 0 N–H and O–H groups in total. The largest absolute Gasteiger partial charge is 0.297 e. The summed E-state index contributed by atoms with van der Waals surface area (Å²) >= 11 is 1.55. The third-order valence-corrected chi connectivity index (χ3v) is 5.35. The number of carbonyl (C=O) groups excluding carboxylic acids is 1. The number of piperidine rings is 1. The molecule has 0 radical (unpaired) electrons. The van der Waals surface area contributed by atoms with Crippen LogP contribution in [0.2, 0.25) is 0 Å². The van der Waals surface area contributed by atoms with Crippen molar-refractivity contribution in [3.8, 4) is 0 Å². The van der Waals surface area contributed by atoms with Gasteiger partial charge in [0.25, 0.3) is 0 Å². The lowest BCUT2D eigenvalue weighted by molar-refractivity contribution is -0.115. The number of likely N-dealkylation sites (tertiary alicyclic amines) is 1. The van der Waals surface area contributed by atoms with Crippen LogP contribution in [0.5, 0.6) is 0 Å². The van der Waals surface area contributed by atoms with Gasteiger partial charge in [-0.25, -0.2) is 4.98 Å². The molecule has 1 aromatic carbocycles. The van der Waals surface area contributed by atoms with Gasteiger partial charge in [-0.1, -0.05) is 24.1 Å². The van der Waals surface area contributed by atoms with Crippen LogP contribution in [0.3, 0.4) is 0 Å². The van der Waals surface area contributed by atoms with Crippen molar-refractivity contribution in [3.05, 3.63) is 40.4 Å². The molecule has 0 aliphatic carbocycles. The van der Waals surface area contributed by atoms with E-state index >= 15 is 0 Å². The van der Waals surface area contributed by atoms with Crippen molar-refractivity contribution in [1.82, 2.24) is 9.88 Å². The highest BCUT2D eigenvalue weighted by atomic mass is 32.1. The van der Waals surface area contributed by atoms with Crippen LogP contribution >= 0.6 is 11.3 Å². The van der Waals surface area contributed by atoms with Crippen molar-refractivity contribution in [3.63, 3.8) is 0 Å². The summed E-state index contributed by atoms with van der Waals surface area (Å²) < 4.78 is 0. The second-order valence-electron chi connectivity index (χ2n) is 6.60. The highest BCUT2D eigenvalue weighted by Crippen LogP contribution is 2.32. The van der Waals surface area contributed by atoms with E-state index in [4.69, 9.17) is 4.98 Å². The molecule has 128 valence electrons. The van der Waals surface area contributed by atoms with Crippen LogP contribution in [0.4, 0.5) is 10.8 Å². The first-order chi connectivity index (χ1) is 11.5. The van der Waals surface area contributed by atoms with Gasteiger partial charge in [0, 0.05) is 18.8 Å². The molecule has 4 nitrogen and oxygen atoms in total. The van der Waals surface area contributed by atoms with Crippen molar-refractivity contribution >= 4 is 28.1 Å². The van der Waals surface area contributed by atoms with Gasteiger partial charge in [-0.15, -0.1) is 11.3 Å². The molecule has 3 rings (SSSR count). The Morgan fingerprint density at radius 2 is 2.00 bits per heavy atom. The molecule has 24 heavy (non-hydrogen) atoms. The molecule has 1 amide bonds. The molecule has 0 unspecified atom stereocenters. The maximum absolute atomic E-state index is 12.3. The highest BCUT2D eigenvalue weighted by Gasteiger charge is 2.20. The average Bonchev–Trinajstić information content (AvgIpc) is 2.98. The predicted molar refractivity (Wildman–Crippen MR) is 100.0 cm³/mol. The maximum Gasteiger partial charge on any atom is 0.230 e. The third kappa shape index (κ3) is 3.84. The second kappa shape index (κ2) is 7.45. The Balaban J connectivity index is 1.83. The van der Waals surface area contributed by atoms with Gasteiger partial charge in [0.05, 0.1) is 11.4 Å². The fourth-order valence-corrected chi connectivity index (χ4v) is 4.15. The van der Waals surface area contributed by atoms with Crippen LogP contribution in [0, 0.1) is 13.8 Å². The van der Waals surface area contributed by atoms with Gasteiger partial charge in [0.15, 0.2) is 5.13 Å². The van der Waals surface area contributed by atoms with Crippen molar-refractivity contribution in [2.45, 2.75) is 46.6 Å². The Morgan fingerprint density at radius 1 is 1.25 bits per heavy atom. The Bertz CT molecular complexity index is 719. The van der Waals surface area contributed by atoms with Gasteiger partial charge in [0.1, 0.15) is 0 Å². The number of hydrogen-bond acceptors (Lipinski definition) is 4. The molecule has 1 fully saturated rings. The van der Waals surface area contributed by atoms with E-state index in [0.717, 1.165) is 41.7 Å². The molecular weight excluding hydrogens is 318 g/mol. The van der Waals surface area contributed by atoms with Gasteiger partial charge < -0.3 is 0 Å². The SMILES string of the molecule is CC(=O)N(c1nc(CN2CCCCC2)cs1)c1ccc(C)cc1C. The molecule has 1 aliphatic heterocycles. The second-order valence-corrected chi connectivity index (χ2v) is 7.44. The van der Waals surface area contributed by atoms with Crippen LogP contribution in [0.25, 0.3) is 0 Å². The van der Waals surface area contributed by atoms with Crippen LogP contribution in [-0.2, 0) is 11.3 Å². The summed E-state index contributed by atoms with van der Waals surface area (Å²) in [6, 6.07) is 6.16. The van der Waals surface area contributed by atoms with Crippen molar-refractivity contribution in [2.75, 3.05) is 18.0 Å². The highest BCUT2D eigenvalue weighted by molar-refractivity contribution is 7.14. The molecule has 0 atom stereocenters. The minimum absolute atomic E-state index is 0.000764. The van der Waals surface area contributed by atoms with Gasteiger partial charge in [-0.2, -0.15) is 0 Å². The van der Waals surface area contributed by atoms with E-state index in [2.05, 4.69) is 23.3 Å². The van der Waals surface area contributed by atoms with Crippen LogP contribution in [0.15, 0.2) is 23.6 Å². The van der Waals surface area contributed by atoms with E-state index in [1.165, 1.54) is 24.8 Å². The summed E-state index contributed by atoms with van der Waals surface area (Å²) in [6.07, 6.45) is 3.89. The van der Waals surface area contributed by atoms with E-state index in [1.807, 2.05) is 19.1 Å². The van der Waals surface area contributed by atoms with Crippen LogP contribution in [0.1, 0.15) is 43.0 Å². The Hall–Kier alpha value is -1.72. The minimum Gasteiger partial charge on any atom is -0.297 e. The number of aryl methyl sites for hydroxylation is 2. The molecule has 0 bridgehead atoms. The van der Waals surface area contributed by atoms with Crippen LogP contribution < -0.4 is 4.90 Å². The number of hydrogen-bond donors (Lipinski definition) is 0. The smallest absolute Gasteiger partial charge is 0.230 e. The quantitative estimate of drug-likeness (QED) is 0.824. The van der Waals surface area contributed by atoms with Crippen molar-refractivity contribution in [1.29, 1.82) is 0 Å². The molecule has 1 aliphatic rings. The van der Waals surface area contributed by atoms with E-state index in [-0.39, 0.29) is 5.91 Å². The third-order valence-electron chi connectivity index (χ3n) is 4.47. The zero-order chi connectivity index (χ0) is 17.1. The van der Waals surface area contributed by atoms with Crippen molar-refractivity contribution < 1.29 is 4.79 Å². The summed E-state index contributed by atoms with van der Waals surface area (Å²) in [5.74, 6) is 0.000764. The zero-order valence-electron chi connectivity index (χ0n) is 14.7. The number of anilines is 2. The Kier molecular flexibility index (Phi) is 5.31. The van der Waals surface area contributed by atoms with E-state index in [1.54, 1.807) is 23.2 Å². The molecule has 5 heteroatoms. The molecule has 2 heterocycles. The molecular formula is C19H25N3OS. The summed E-state index contributed by atoms with van der Waals surface area (Å²) in [5, 5.41) is 2.85. The minimum atomic E-state index is 0.000764. The standard InChI is InChI=1S/C19H25N3OS/c1-14-7-8-18(15(2)11-14)22(16(3)23)19-20-17(13-24-19)12-21-9-5-4-6-10-21/h7-8,11,13H,4-6,9-10,12H2,1-3H3. The monoisotopic (exact) mass is 343 g/mol. The van der Waals surface area contributed by atoms with Crippen LogP contribution in [-0.4, -0.2) is 28.9 Å². The normalized spacial score (nSPS) is 15.5. The predicted octanol–water partition coefficient (Wildman–Crippen LogP) is 4.43. The molecule has 1 aromatic heterocycles. The summed E-state index contributed by atoms with van der Waals surface area (Å²) in [7, 11) is 0. The lowest BCUT2D eigenvalue weighted by Crippen LogP contribution is -2.29. The first kappa shape index (κ1) is 17.1. The fraction of sp³-hybridized carbons (Fsp3) is 0.474. The summed E-state index contributed by atoms with van der Waals surface area (Å²) in [5.41, 5.74) is 4.28.